The fourth-order valence-electron chi connectivity index (χ4n) is 4.14. The standard InChI is InChI=1S/C24H32N2O/c1-16(2)20-13-8-14-21(17(3)4)23(20)26-24(27)25-15-19-11-7-10-18-9-5-6-12-22(18)19/h5-6,8-9,12-14,16-17,19H,7,10-11,15H2,1-4H3,(H2,25,26,27). The molecule has 0 saturated carbocycles. The molecule has 0 spiro atoms. The SMILES string of the molecule is CC(C)c1cccc(C(C)C)c1NC(=O)NCC1CCCc2ccccc21. The summed E-state index contributed by atoms with van der Waals surface area (Å²) >= 11 is 0. The highest BCUT2D eigenvalue weighted by molar-refractivity contribution is 5.91. The smallest absolute Gasteiger partial charge is 0.319 e. The zero-order valence-electron chi connectivity index (χ0n) is 17.0. The van der Waals surface area contributed by atoms with E-state index in [2.05, 4.69) is 80.8 Å². The Labute approximate surface area is 163 Å². The monoisotopic (exact) mass is 364 g/mol. The molecule has 1 aliphatic rings. The number of hydrogen-bond acceptors (Lipinski definition) is 1. The molecule has 0 heterocycles. The number of benzene rings is 2. The normalized spacial score (nSPS) is 16.3. The van der Waals surface area contributed by atoms with E-state index in [1.165, 1.54) is 28.7 Å². The van der Waals surface area contributed by atoms with E-state index in [0.29, 0.717) is 24.3 Å². The molecule has 0 fully saturated rings. The number of carbonyl (C=O) groups is 1. The van der Waals surface area contributed by atoms with Gasteiger partial charge in [-0.2, -0.15) is 0 Å². The van der Waals surface area contributed by atoms with Crippen molar-refractivity contribution >= 4 is 11.7 Å². The number of fused-ring (bicyclic) bond motifs is 1. The van der Waals surface area contributed by atoms with Crippen LogP contribution in [0.2, 0.25) is 0 Å². The number of anilines is 1. The molecule has 1 aliphatic carbocycles. The fraction of sp³-hybridized carbons (Fsp3) is 0.458. The maximum Gasteiger partial charge on any atom is 0.319 e. The van der Waals surface area contributed by atoms with E-state index in [9.17, 15) is 4.79 Å². The minimum Gasteiger partial charge on any atom is -0.337 e. The number of nitrogens with one attached hydrogen (secondary N) is 2. The first-order chi connectivity index (χ1) is 13.0. The molecule has 0 bridgehead atoms. The Kier molecular flexibility index (Phi) is 6.20. The first-order valence-electron chi connectivity index (χ1n) is 10.2. The maximum atomic E-state index is 12.7. The lowest BCUT2D eigenvalue weighted by atomic mass is 9.83. The lowest BCUT2D eigenvalue weighted by Gasteiger charge is -2.26. The summed E-state index contributed by atoms with van der Waals surface area (Å²) in [6.45, 7) is 9.36. The second-order valence-electron chi connectivity index (χ2n) is 8.24. The van der Waals surface area contributed by atoms with Gasteiger partial charge in [0, 0.05) is 18.2 Å². The summed E-state index contributed by atoms with van der Waals surface area (Å²) in [4.78, 5) is 12.7. The van der Waals surface area contributed by atoms with Crippen LogP contribution in [-0.4, -0.2) is 12.6 Å². The Morgan fingerprint density at radius 2 is 1.67 bits per heavy atom. The number of hydrogen-bond donors (Lipinski definition) is 2. The zero-order valence-corrected chi connectivity index (χ0v) is 17.0. The summed E-state index contributed by atoms with van der Waals surface area (Å²) < 4.78 is 0. The molecule has 2 amide bonds. The van der Waals surface area contributed by atoms with Crippen LogP contribution < -0.4 is 10.6 Å². The average molecular weight is 365 g/mol. The predicted octanol–water partition coefficient (Wildman–Crippen LogP) is 6.18. The molecule has 2 aromatic carbocycles. The van der Waals surface area contributed by atoms with Gasteiger partial charge in [-0.25, -0.2) is 4.79 Å². The topological polar surface area (TPSA) is 41.1 Å². The van der Waals surface area contributed by atoms with E-state index in [-0.39, 0.29) is 6.03 Å². The fourth-order valence-corrected chi connectivity index (χ4v) is 4.14. The van der Waals surface area contributed by atoms with Gasteiger partial charge < -0.3 is 10.6 Å². The molecule has 3 heteroatoms. The minimum atomic E-state index is -0.104. The number of carbonyl (C=O) groups excluding carboxylic acids is 1. The van der Waals surface area contributed by atoms with E-state index >= 15 is 0 Å². The van der Waals surface area contributed by atoms with E-state index < -0.39 is 0 Å². The van der Waals surface area contributed by atoms with Gasteiger partial charge in [-0.3, -0.25) is 0 Å². The van der Waals surface area contributed by atoms with Crippen molar-refractivity contribution in [3.8, 4) is 0 Å². The predicted molar refractivity (Wildman–Crippen MR) is 114 cm³/mol. The molecule has 2 aromatic rings. The van der Waals surface area contributed by atoms with Crippen LogP contribution >= 0.6 is 0 Å². The third-order valence-corrected chi connectivity index (χ3v) is 5.61. The van der Waals surface area contributed by atoms with Crippen LogP contribution in [-0.2, 0) is 6.42 Å². The van der Waals surface area contributed by atoms with Gasteiger partial charge in [0.05, 0.1) is 0 Å². The number of para-hydroxylation sites is 1. The van der Waals surface area contributed by atoms with Crippen LogP contribution in [0.1, 0.15) is 80.5 Å². The lowest BCUT2D eigenvalue weighted by Crippen LogP contribution is -2.34. The van der Waals surface area contributed by atoms with Crippen molar-refractivity contribution < 1.29 is 4.79 Å². The number of amides is 2. The van der Waals surface area contributed by atoms with Gasteiger partial charge in [-0.15, -0.1) is 0 Å². The highest BCUT2D eigenvalue weighted by Crippen LogP contribution is 2.33. The minimum absolute atomic E-state index is 0.104. The van der Waals surface area contributed by atoms with Gasteiger partial charge in [0.1, 0.15) is 0 Å². The molecule has 3 rings (SSSR count). The molecule has 1 unspecified atom stereocenters. The highest BCUT2D eigenvalue weighted by Gasteiger charge is 2.21. The summed E-state index contributed by atoms with van der Waals surface area (Å²) in [7, 11) is 0. The van der Waals surface area contributed by atoms with Gasteiger partial charge in [0.25, 0.3) is 0 Å². The largest absolute Gasteiger partial charge is 0.337 e. The third-order valence-electron chi connectivity index (χ3n) is 5.61. The van der Waals surface area contributed by atoms with Gasteiger partial charge in [-0.05, 0) is 53.4 Å². The first kappa shape index (κ1) is 19.5. The third kappa shape index (κ3) is 4.52. The molecule has 1 atom stereocenters. The van der Waals surface area contributed by atoms with Gasteiger partial charge >= 0.3 is 6.03 Å². The van der Waals surface area contributed by atoms with Crippen LogP contribution in [0.3, 0.4) is 0 Å². The van der Waals surface area contributed by atoms with E-state index in [0.717, 1.165) is 18.5 Å². The second-order valence-corrected chi connectivity index (χ2v) is 8.24. The van der Waals surface area contributed by atoms with Gasteiger partial charge in [0.15, 0.2) is 0 Å². The van der Waals surface area contributed by atoms with Crippen molar-refractivity contribution in [2.24, 2.45) is 0 Å². The van der Waals surface area contributed by atoms with E-state index in [1.54, 1.807) is 0 Å². The van der Waals surface area contributed by atoms with Crippen molar-refractivity contribution in [2.45, 2.75) is 64.7 Å². The molecular formula is C24H32N2O. The molecule has 0 radical (unpaired) electrons. The number of urea groups is 1. The molecule has 3 nitrogen and oxygen atoms in total. The summed E-state index contributed by atoms with van der Waals surface area (Å²) in [5.41, 5.74) is 6.19. The quantitative estimate of drug-likeness (QED) is 0.654. The van der Waals surface area contributed by atoms with E-state index in [1.807, 2.05) is 0 Å². The Morgan fingerprint density at radius 3 is 2.33 bits per heavy atom. The zero-order chi connectivity index (χ0) is 19.4. The van der Waals surface area contributed by atoms with Crippen molar-refractivity contribution in [1.82, 2.24) is 5.32 Å². The molecule has 27 heavy (non-hydrogen) atoms. The Balaban J connectivity index is 1.71. The molecule has 0 saturated heterocycles. The summed E-state index contributed by atoms with van der Waals surface area (Å²) in [5, 5.41) is 6.28. The summed E-state index contributed by atoms with van der Waals surface area (Å²) in [6.07, 6.45) is 3.48. The van der Waals surface area contributed by atoms with Crippen LogP contribution in [0.5, 0.6) is 0 Å². The van der Waals surface area contributed by atoms with Crippen LogP contribution in [0.4, 0.5) is 10.5 Å². The Morgan fingerprint density at radius 1 is 1.00 bits per heavy atom. The molecule has 144 valence electrons. The van der Waals surface area contributed by atoms with Gasteiger partial charge in [0.2, 0.25) is 0 Å². The molecule has 2 N–H and O–H groups in total. The van der Waals surface area contributed by atoms with Crippen LogP contribution in [0, 0.1) is 0 Å². The summed E-state index contributed by atoms with van der Waals surface area (Å²) in [6, 6.07) is 14.9. The van der Waals surface area contributed by atoms with Crippen molar-refractivity contribution in [3.05, 3.63) is 64.7 Å². The average Bonchev–Trinajstić information content (AvgIpc) is 2.66. The van der Waals surface area contributed by atoms with Crippen molar-refractivity contribution in [1.29, 1.82) is 0 Å². The molecule has 0 aromatic heterocycles. The Bertz CT molecular complexity index is 768. The lowest BCUT2D eigenvalue weighted by molar-refractivity contribution is 0.251. The second kappa shape index (κ2) is 8.60. The van der Waals surface area contributed by atoms with Crippen LogP contribution in [0.25, 0.3) is 0 Å². The van der Waals surface area contributed by atoms with Gasteiger partial charge in [-0.1, -0.05) is 70.2 Å². The Hall–Kier alpha value is -2.29. The molecular weight excluding hydrogens is 332 g/mol. The summed E-state index contributed by atoms with van der Waals surface area (Å²) in [5.74, 6) is 1.14. The van der Waals surface area contributed by atoms with Crippen molar-refractivity contribution in [3.63, 3.8) is 0 Å². The number of aryl methyl sites for hydroxylation is 1. The number of rotatable bonds is 5. The molecule has 0 aliphatic heterocycles. The van der Waals surface area contributed by atoms with Crippen LogP contribution in [0.15, 0.2) is 42.5 Å². The van der Waals surface area contributed by atoms with E-state index in [4.69, 9.17) is 0 Å². The first-order valence-corrected chi connectivity index (χ1v) is 10.2. The maximum absolute atomic E-state index is 12.7. The highest BCUT2D eigenvalue weighted by atomic mass is 16.2. The van der Waals surface area contributed by atoms with Crippen molar-refractivity contribution in [2.75, 3.05) is 11.9 Å².